The van der Waals surface area contributed by atoms with Crippen molar-refractivity contribution in [1.29, 1.82) is 0 Å². The third-order valence-corrected chi connectivity index (χ3v) is 5.50. The Hall–Kier alpha value is -2.09. The van der Waals surface area contributed by atoms with Gasteiger partial charge in [-0.3, -0.25) is 0 Å². The van der Waals surface area contributed by atoms with Crippen LogP contribution in [-0.2, 0) is 9.47 Å². The van der Waals surface area contributed by atoms with Crippen LogP contribution in [0.2, 0.25) is 0 Å². The Balaban J connectivity index is -0.0000000985. The Morgan fingerprint density at radius 3 is 1.05 bits per heavy atom. The minimum absolute atomic E-state index is 0. The summed E-state index contributed by atoms with van der Waals surface area (Å²) in [5.41, 5.74) is 0.586. The second-order valence-corrected chi connectivity index (χ2v) is 8.51. The first-order valence-electron chi connectivity index (χ1n) is 13.1. The molecule has 0 bridgehead atoms. The third kappa shape index (κ3) is 29.2. The molecule has 0 unspecified atom stereocenters. The molecule has 0 fully saturated rings. The fourth-order valence-corrected chi connectivity index (χ4v) is 3.47. The van der Waals surface area contributed by atoms with E-state index >= 15 is 0 Å². The van der Waals surface area contributed by atoms with Gasteiger partial charge >= 0.3 is 35.0 Å². The smallest absolute Gasteiger partial charge is 1.00 e. The average molecular weight is 603 g/mol. The van der Waals surface area contributed by atoms with Gasteiger partial charge in [-0.1, -0.05) is 127 Å². The Labute approximate surface area is 265 Å². The van der Waals surface area contributed by atoms with Crippen LogP contribution in [0.4, 0.5) is 0 Å². The molecule has 0 radical (unpaired) electrons. The summed E-state index contributed by atoms with van der Waals surface area (Å²) in [6.07, 6.45) is 13.6. The standard InChI is InChI=1S/C24H38O4.C6H6.Mg.6H2O.2H/c1-3-5-7-9-11-15-19-27-23(25)21-17-13-14-18-22(21)24(26)28-20-16-12-10-8-6-4-2;1-2-4-6-5-3-1;;;;;;;;;/h13-14,17-18H,3-12,15-16,19-20H2,1-2H3;1-6H;;6*1H2;;/q;;+2;;;;;;;2*-1. The summed E-state index contributed by atoms with van der Waals surface area (Å²) < 4.78 is 10.7. The van der Waals surface area contributed by atoms with Gasteiger partial charge in [0.15, 0.2) is 0 Å². The maximum Gasteiger partial charge on any atom is 2.00 e. The van der Waals surface area contributed by atoms with Gasteiger partial charge < -0.3 is 45.2 Å². The van der Waals surface area contributed by atoms with E-state index < -0.39 is 11.9 Å². The zero-order valence-corrected chi connectivity index (χ0v) is 26.4. The zero-order chi connectivity index (χ0) is 24.7. The summed E-state index contributed by atoms with van der Waals surface area (Å²) >= 11 is 0. The molecule has 0 aliphatic carbocycles. The van der Waals surface area contributed by atoms with E-state index in [0.29, 0.717) is 24.3 Å². The van der Waals surface area contributed by atoms with Crippen molar-refractivity contribution in [3.8, 4) is 0 Å². The molecule has 0 spiro atoms. The number of hydrogen-bond donors (Lipinski definition) is 0. The molecule has 0 amide bonds. The minimum Gasteiger partial charge on any atom is -1.00 e. The van der Waals surface area contributed by atoms with Crippen LogP contribution in [0.1, 0.15) is 114 Å². The van der Waals surface area contributed by atoms with E-state index in [1.54, 1.807) is 24.3 Å². The number of ether oxygens (including phenoxy) is 2. The van der Waals surface area contributed by atoms with Gasteiger partial charge in [-0.15, -0.1) is 0 Å². The third-order valence-electron chi connectivity index (χ3n) is 5.50. The van der Waals surface area contributed by atoms with Gasteiger partial charge in [0.25, 0.3) is 0 Å². The predicted molar refractivity (Wildman–Crippen MR) is 170 cm³/mol. The van der Waals surface area contributed by atoms with Gasteiger partial charge in [0.2, 0.25) is 0 Å². The van der Waals surface area contributed by atoms with Crippen molar-refractivity contribution < 1.29 is 54.8 Å². The summed E-state index contributed by atoms with van der Waals surface area (Å²) in [6.45, 7) is 5.17. The first-order chi connectivity index (χ1) is 16.7. The molecule has 10 nitrogen and oxygen atoms in total. The van der Waals surface area contributed by atoms with Crippen LogP contribution < -0.4 is 0 Å². The molecule has 0 aromatic heterocycles. The molecule has 0 atom stereocenters. The molecule has 11 heteroatoms. The Bertz CT molecular complexity index is 715. The summed E-state index contributed by atoms with van der Waals surface area (Å²) in [7, 11) is 0. The fourth-order valence-electron chi connectivity index (χ4n) is 3.47. The number of benzene rings is 2. The second-order valence-electron chi connectivity index (χ2n) is 8.51. The number of esters is 2. The topological polar surface area (TPSA) is 242 Å². The SMILES string of the molecule is CCCCCCCCOC(=O)c1ccccc1C(=O)OCCCCCCCC.O.O.O.O.O.O.[H-].[H-].[Mg+2].c1ccccc1. The molecule has 2 aromatic carbocycles. The van der Waals surface area contributed by atoms with Crippen LogP contribution in [0.3, 0.4) is 0 Å². The van der Waals surface area contributed by atoms with Crippen LogP contribution in [0.5, 0.6) is 0 Å². The van der Waals surface area contributed by atoms with Crippen molar-refractivity contribution in [2.45, 2.75) is 90.9 Å². The maximum atomic E-state index is 12.4. The summed E-state index contributed by atoms with van der Waals surface area (Å²) in [5.74, 6) is -0.888. The quantitative estimate of drug-likeness (QED) is 0.159. The van der Waals surface area contributed by atoms with Gasteiger partial charge in [0.05, 0.1) is 24.3 Å². The van der Waals surface area contributed by atoms with E-state index in [9.17, 15) is 9.59 Å². The van der Waals surface area contributed by atoms with Crippen molar-refractivity contribution >= 4 is 35.0 Å². The first-order valence-corrected chi connectivity index (χ1v) is 13.1. The van der Waals surface area contributed by atoms with E-state index in [-0.39, 0.29) is 58.8 Å². The molecule has 0 aliphatic rings. The Kier molecular flexibility index (Phi) is 53.6. The summed E-state index contributed by atoms with van der Waals surface area (Å²) in [5, 5.41) is 0. The summed E-state index contributed by atoms with van der Waals surface area (Å²) in [4.78, 5) is 24.7. The van der Waals surface area contributed by atoms with Crippen molar-refractivity contribution in [2.24, 2.45) is 0 Å². The van der Waals surface area contributed by atoms with E-state index in [0.717, 1.165) is 25.7 Å². The monoisotopic (exact) mass is 602 g/mol. The molecule has 41 heavy (non-hydrogen) atoms. The van der Waals surface area contributed by atoms with Crippen LogP contribution in [0.25, 0.3) is 0 Å². The first kappa shape index (κ1) is 54.9. The van der Waals surface area contributed by atoms with Crippen LogP contribution in [-0.4, -0.2) is 81.1 Å². The average Bonchev–Trinajstić information content (AvgIpc) is 2.88. The molecule has 2 rings (SSSR count). The van der Waals surface area contributed by atoms with Gasteiger partial charge in [-0.2, -0.15) is 0 Å². The van der Waals surface area contributed by atoms with Crippen LogP contribution >= 0.6 is 0 Å². The molecule has 0 saturated heterocycles. The van der Waals surface area contributed by atoms with Gasteiger partial charge in [0.1, 0.15) is 0 Å². The minimum atomic E-state index is -0.444. The number of carbonyl (C=O) groups is 2. The van der Waals surface area contributed by atoms with E-state index in [4.69, 9.17) is 9.47 Å². The normalized spacial score (nSPS) is 8.44. The Morgan fingerprint density at radius 1 is 0.488 bits per heavy atom. The molecule has 0 heterocycles. The van der Waals surface area contributed by atoms with Gasteiger partial charge in [-0.25, -0.2) is 9.59 Å². The maximum absolute atomic E-state index is 12.4. The number of carbonyl (C=O) groups excluding carboxylic acids is 2. The molecule has 12 N–H and O–H groups in total. The molecular formula is C30H58MgO10. The number of hydrogen-bond acceptors (Lipinski definition) is 4. The van der Waals surface area contributed by atoms with E-state index in [1.807, 2.05) is 36.4 Å². The predicted octanol–water partition coefficient (Wildman–Crippen LogP) is 3.30. The van der Waals surface area contributed by atoms with Crippen molar-refractivity contribution in [2.75, 3.05) is 13.2 Å². The van der Waals surface area contributed by atoms with Crippen molar-refractivity contribution in [3.63, 3.8) is 0 Å². The van der Waals surface area contributed by atoms with E-state index in [2.05, 4.69) is 13.8 Å². The number of rotatable bonds is 16. The fraction of sp³-hybridized carbons (Fsp3) is 0.533. The van der Waals surface area contributed by atoms with Gasteiger partial charge in [-0.05, 0) is 25.0 Å². The van der Waals surface area contributed by atoms with Crippen molar-refractivity contribution in [1.82, 2.24) is 0 Å². The van der Waals surface area contributed by atoms with E-state index in [1.165, 1.54) is 51.4 Å². The van der Waals surface area contributed by atoms with Crippen LogP contribution in [0.15, 0.2) is 60.7 Å². The largest absolute Gasteiger partial charge is 2.00 e. The molecule has 240 valence electrons. The molecule has 2 aromatic rings. The molecule has 0 aliphatic heterocycles. The molecule has 0 saturated carbocycles. The number of unbranched alkanes of at least 4 members (excludes halogenated alkanes) is 10. The zero-order valence-electron chi connectivity index (χ0n) is 27.0. The Morgan fingerprint density at radius 2 is 0.756 bits per heavy atom. The summed E-state index contributed by atoms with van der Waals surface area (Å²) in [6, 6.07) is 18.7. The molecular weight excluding hydrogens is 545 g/mol. The van der Waals surface area contributed by atoms with Gasteiger partial charge in [0, 0.05) is 0 Å². The second kappa shape index (κ2) is 40.0. The van der Waals surface area contributed by atoms with Crippen molar-refractivity contribution in [3.05, 3.63) is 71.8 Å². The van der Waals surface area contributed by atoms with Crippen LogP contribution in [0, 0.1) is 0 Å².